The molecule has 0 spiro atoms. The Bertz CT molecular complexity index is 555. The number of hydrogen-bond donors (Lipinski definition) is 0. The number of ether oxygens (including phenoxy) is 2. The van der Waals surface area contributed by atoms with E-state index >= 15 is 0 Å². The summed E-state index contributed by atoms with van der Waals surface area (Å²) in [5.74, 6) is -1.72. The van der Waals surface area contributed by atoms with Crippen LogP contribution in [0.3, 0.4) is 0 Å². The van der Waals surface area contributed by atoms with E-state index in [9.17, 15) is 19.8 Å². The molecule has 4 aliphatic rings. The van der Waals surface area contributed by atoms with E-state index in [1.54, 1.807) is 0 Å². The van der Waals surface area contributed by atoms with Crippen LogP contribution in [0.2, 0.25) is 0 Å². The summed E-state index contributed by atoms with van der Waals surface area (Å²) in [5, 5.41) is 23.7. The van der Waals surface area contributed by atoms with Crippen molar-refractivity contribution >= 4 is 11.9 Å². The van der Waals surface area contributed by atoms with Crippen LogP contribution in [0.25, 0.3) is 0 Å². The van der Waals surface area contributed by atoms with Gasteiger partial charge in [-0.15, -0.1) is 0 Å². The first-order valence-corrected chi connectivity index (χ1v) is 10.0. The molecule has 6 nitrogen and oxygen atoms in total. The number of rotatable bonds is 7. The maximum Gasteiger partial charge on any atom is 0.0869 e. The van der Waals surface area contributed by atoms with E-state index in [-0.39, 0.29) is 35.9 Å². The first-order chi connectivity index (χ1) is 12.3. The van der Waals surface area contributed by atoms with Crippen LogP contribution in [-0.4, -0.2) is 36.4 Å². The summed E-state index contributed by atoms with van der Waals surface area (Å²) >= 11 is 0. The van der Waals surface area contributed by atoms with Crippen LogP contribution in [0, 0.1) is 29.1 Å². The lowest BCUT2D eigenvalue weighted by atomic mass is 9.63. The summed E-state index contributed by atoms with van der Waals surface area (Å²) < 4.78 is 11.3. The topological polar surface area (TPSA) is 105 Å². The number of aliphatic carboxylic acids is 2. The van der Waals surface area contributed by atoms with Crippen LogP contribution in [0.5, 0.6) is 0 Å². The smallest absolute Gasteiger partial charge is 0.0869 e. The van der Waals surface area contributed by atoms with E-state index in [0.717, 1.165) is 25.7 Å². The van der Waals surface area contributed by atoms with Crippen LogP contribution in [-0.2, 0) is 19.1 Å². The fourth-order valence-electron chi connectivity index (χ4n) is 5.84. The van der Waals surface area contributed by atoms with Crippen LogP contribution in [0.1, 0.15) is 58.8 Å². The molecule has 2 heterocycles. The Hall–Kier alpha value is -1.14. The van der Waals surface area contributed by atoms with Gasteiger partial charge in [-0.2, -0.15) is 0 Å². The van der Waals surface area contributed by atoms with Gasteiger partial charge in [0.1, 0.15) is 0 Å². The standard InChI is InChI=1S/C20H30O6/c1-10-12(3-5-14-17(10)25-14)7-20(19(23)24,9-16(21)22)8-13-4-6-15-18(26-15)11(13)2/h10-15,17-18H,3-9H2,1-2H3,(H,21,22)(H,23,24)/p-2. The minimum Gasteiger partial charge on any atom is -0.550 e. The van der Waals surface area contributed by atoms with E-state index in [4.69, 9.17) is 9.47 Å². The summed E-state index contributed by atoms with van der Waals surface area (Å²) in [6, 6.07) is 0. The molecule has 146 valence electrons. The van der Waals surface area contributed by atoms with E-state index in [0.29, 0.717) is 25.0 Å². The normalized spacial score (nSPS) is 45.8. The Balaban J connectivity index is 1.53. The molecule has 0 amide bonds. The van der Waals surface area contributed by atoms with Crippen molar-refractivity contribution in [1.82, 2.24) is 0 Å². The summed E-state index contributed by atoms with van der Waals surface area (Å²) in [5.41, 5.74) is -1.36. The number of carbonyl (C=O) groups is 2. The minimum atomic E-state index is -1.36. The maximum absolute atomic E-state index is 12.2. The van der Waals surface area contributed by atoms with Gasteiger partial charge in [-0.25, -0.2) is 0 Å². The van der Waals surface area contributed by atoms with Gasteiger partial charge in [0.25, 0.3) is 0 Å². The lowest BCUT2D eigenvalue weighted by Gasteiger charge is -2.44. The third-order valence-electron chi connectivity index (χ3n) is 7.63. The Morgan fingerprint density at radius 3 is 1.73 bits per heavy atom. The highest BCUT2D eigenvalue weighted by Gasteiger charge is 2.53. The molecule has 26 heavy (non-hydrogen) atoms. The summed E-state index contributed by atoms with van der Waals surface area (Å²) in [6.07, 6.45) is 4.93. The van der Waals surface area contributed by atoms with Crippen molar-refractivity contribution in [3.8, 4) is 0 Å². The van der Waals surface area contributed by atoms with Gasteiger partial charge in [0.15, 0.2) is 0 Å². The second-order valence-electron chi connectivity index (χ2n) is 9.20. The predicted octanol–water partition coefficient (Wildman–Crippen LogP) is 0.270. The lowest BCUT2D eigenvalue weighted by molar-refractivity contribution is -0.330. The van der Waals surface area contributed by atoms with Gasteiger partial charge in [-0.05, 0) is 68.6 Å². The average Bonchev–Trinajstić information content (AvgIpc) is 3.45. The molecule has 0 aromatic carbocycles. The molecule has 8 atom stereocenters. The highest BCUT2D eigenvalue weighted by atomic mass is 16.6. The molecule has 6 heteroatoms. The summed E-state index contributed by atoms with van der Waals surface area (Å²) in [7, 11) is 0. The second kappa shape index (κ2) is 6.48. The quantitative estimate of drug-likeness (QED) is 0.601. The van der Waals surface area contributed by atoms with Crippen molar-refractivity contribution in [1.29, 1.82) is 0 Å². The monoisotopic (exact) mass is 364 g/mol. The third kappa shape index (κ3) is 3.26. The lowest BCUT2D eigenvalue weighted by Crippen LogP contribution is -2.50. The molecular weight excluding hydrogens is 336 g/mol. The SMILES string of the molecule is CC1C(CC(CC(=O)[O-])(CC2CCC3OC3C2C)C(=O)[O-])CCC2OC21. The molecule has 0 aromatic heterocycles. The van der Waals surface area contributed by atoms with Gasteiger partial charge >= 0.3 is 0 Å². The zero-order valence-electron chi connectivity index (χ0n) is 15.5. The molecule has 2 aliphatic carbocycles. The molecular formula is C20H28O6-2. The van der Waals surface area contributed by atoms with Crippen LogP contribution < -0.4 is 10.2 Å². The number of epoxide rings is 2. The molecule has 0 bridgehead atoms. The summed E-state index contributed by atoms with van der Waals surface area (Å²) in [6.45, 7) is 4.19. The van der Waals surface area contributed by atoms with Crippen molar-refractivity contribution in [2.75, 3.05) is 0 Å². The number of carboxylic acid groups (broad SMARTS) is 2. The highest BCUT2D eigenvalue weighted by molar-refractivity contribution is 5.79. The fraction of sp³-hybridized carbons (Fsp3) is 0.900. The Labute approximate surface area is 154 Å². The zero-order chi connectivity index (χ0) is 18.6. The van der Waals surface area contributed by atoms with E-state index in [2.05, 4.69) is 13.8 Å². The number of carbonyl (C=O) groups excluding carboxylic acids is 2. The van der Waals surface area contributed by atoms with Crippen LogP contribution in [0.15, 0.2) is 0 Å². The molecule has 4 fully saturated rings. The van der Waals surface area contributed by atoms with E-state index < -0.39 is 23.8 Å². The first kappa shape index (κ1) is 18.2. The molecule has 2 saturated heterocycles. The zero-order valence-corrected chi connectivity index (χ0v) is 15.5. The second-order valence-corrected chi connectivity index (χ2v) is 9.20. The minimum absolute atomic E-state index is 0.153. The van der Waals surface area contributed by atoms with Gasteiger partial charge in [0.2, 0.25) is 0 Å². The van der Waals surface area contributed by atoms with Gasteiger partial charge in [-0.1, -0.05) is 13.8 Å². The van der Waals surface area contributed by atoms with Crippen molar-refractivity contribution < 1.29 is 29.3 Å². The predicted molar refractivity (Wildman–Crippen MR) is 87.4 cm³/mol. The molecule has 0 radical (unpaired) electrons. The van der Waals surface area contributed by atoms with Gasteiger partial charge in [0.05, 0.1) is 24.4 Å². The molecule has 0 aromatic rings. The first-order valence-electron chi connectivity index (χ1n) is 10.0. The maximum atomic E-state index is 12.2. The van der Waals surface area contributed by atoms with E-state index in [1.165, 1.54) is 0 Å². The van der Waals surface area contributed by atoms with Gasteiger partial charge in [0, 0.05) is 17.4 Å². The third-order valence-corrected chi connectivity index (χ3v) is 7.63. The summed E-state index contributed by atoms with van der Waals surface area (Å²) in [4.78, 5) is 23.7. The molecule has 2 aliphatic heterocycles. The molecule has 4 rings (SSSR count). The molecule has 2 saturated carbocycles. The number of carboxylic acids is 2. The Morgan fingerprint density at radius 1 is 0.885 bits per heavy atom. The van der Waals surface area contributed by atoms with Gasteiger partial charge < -0.3 is 29.3 Å². The van der Waals surface area contributed by atoms with Crippen molar-refractivity contribution in [3.05, 3.63) is 0 Å². The largest absolute Gasteiger partial charge is 0.550 e. The van der Waals surface area contributed by atoms with Crippen LogP contribution in [0.4, 0.5) is 0 Å². The van der Waals surface area contributed by atoms with E-state index in [1.807, 2.05) is 0 Å². The van der Waals surface area contributed by atoms with Crippen molar-refractivity contribution in [2.24, 2.45) is 29.1 Å². The van der Waals surface area contributed by atoms with Crippen molar-refractivity contribution in [2.45, 2.75) is 83.2 Å². The Morgan fingerprint density at radius 2 is 1.35 bits per heavy atom. The van der Waals surface area contributed by atoms with Crippen molar-refractivity contribution in [3.63, 3.8) is 0 Å². The molecule has 8 unspecified atom stereocenters. The number of fused-ring (bicyclic) bond motifs is 2. The van der Waals surface area contributed by atoms with Gasteiger partial charge in [-0.3, -0.25) is 0 Å². The highest BCUT2D eigenvalue weighted by Crippen LogP contribution is 2.52. The molecule has 0 N–H and O–H groups in total. The number of hydrogen-bond acceptors (Lipinski definition) is 6. The van der Waals surface area contributed by atoms with Crippen LogP contribution >= 0.6 is 0 Å². The average molecular weight is 364 g/mol. The fourth-order valence-corrected chi connectivity index (χ4v) is 5.84. The Kier molecular flexibility index (Phi) is 4.55.